The third-order valence-corrected chi connectivity index (χ3v) is 2.74. The second kappa shape index (κ2) is 3.24. The van der Waals surface area contributed by atoms with E-state index in [1.54, 1.807) is 11.5 Å². The molecule has 0 spiro atoms. The standard InChI is InChI=1S/C11H10BrNO/c1-7-5-10(12)6-9-3-4-13(8(2)14)11(7)9/h3-6H,1-2H3. The summed E-state index contributed by atoms with van der Waals surface area (Å²) >= 11 is 3.44. The van der Waals surface area contributed by atoms with Gasteiger partial charge in [-0.1, -0.05) is 15.9 Å². The Labute approximate surface area is 90.7 Å². The lowest BCUT2D eigenvalue weighted by Gasteiger charge is -2.03. The van der Waals surface area contributed by atoms with Gasteiger partial charge in [-0.05, 0) is 30.7 Å². The fourth-order valence-corrected chi connectivity index (χ4v) is 2.30. The minimum absolute atomic E-state index is 0.0467. The summed E-state index contributed by atoms with van der Waals surface area (Å²) in [6, 6.07) is 5.98. The molecule has 1 aromatic heterocycles. The van der Waals surface area contributed by atoms with Crippen LogP contribution in [0.1, 0.15) is 17.3 Å². The van der Waals surface area contributed by atoms with E-state index in [1.165, 1.54) is 0 Å². The quantitative estimate of drug-likeness (QED) is 0.704. The van der Waals surface area contributed by atoms with Gasteiger partial charge in [-0.15, -0.1) is 0 Å². The second-order valence-electron chi connectivity index (χ2n) is 3.37. The molecule has 0 aliphatic heterocycles. The van der Waals surface area contributed by atoms with E-state index in [0.29, 0.717) is 0 Å². The zero-order valence-corrected chi connectivity index (χ0v) is 9.63. The molecule has 3 heteroatoms. The van der Waals surface area contributed by atoms with Crippen molar-refractivity contribution in [1.29, 1.82) is 0 Å². The number of nitrogens with zero attached hydrogens (tertiary/aromatic N) is 1. The topological polar surface area (TPSA) is 22.0 Å². The molecule has 0 unspecified atom stereocenters. The Morgan fingerprint density at radius 2 is 2.14 bits per heavy atom. The van der Waals surface area contributed by atoms with Gasteiger partial charge in [0.15, 0.2) is 0 Å². The number of aryl methyl sites for hydroxylation is 1. The van der Waals surface area contributed by atoms with Crippen molar-refractivity contribution < 1.29 is 4.79 Å². The monoisotopic (exact) mass is 251 g/mol. The molecule has 0 aliphatic carbocycles. The summed E-state index contributed by atoms with van der Waals surface area (Å²) in [5.41, 5.74) is 2.11. The van der Waals surface area contributed by atoms with E-state index in [4.69, 9.17) is 0 Å². The fourth-order valence-electron chi connectivity index (χ4n) is 1.71. The normalized spacial score (nSPS) is 10.8. The number of halogens is 1. The predicted molar refractivity (Wildman–Crippen MR) is 60.7 cm³/mol. The van der Waals surface area contributed by atoms with E-state index in [0.717, 1.165) is 20.9 Å². The highest BCUT2D eigenvalue weighted by atomic mass is 79.9. The summed E-state index contributed by atoms with van der Waals surface area (Å²) in [6.07, 6.45) is 1.81. The van der Waals surface area contributed by atoms with Crippen LogP contribution in [0.25, 0.3) is 10.9 Å². The van der Waals surface area contributed by atoms with Crippen molar-refractivity contribution in [2.75, 3.05) is 0 Å². The van der Waals surface area contributed by atoms with Crippen molar-refractivity contribution in [3.63, 3.8) is 0 Å². The molecule has 72 valence electrons. The zero-order valence-electron chi connectivity index (χ0n) is 8.04. The zero-order chi connectivity index (χ0) is 10.3. The summed E-state index contributed by atoms with van der Waals surface area (Å²) < 4.78 is 2.72. The SMILES string of the molecule is CC(=O)n1ccc2cc(Br)cc(C)c21. The van der Waals surface area contributed by atoms with Gasteiger partial charge in [-0.3, -0.25) is 9.36 Å². The summed E-state index contributed by atoms with van der Waals surface area (Å²) in [5.74, 6) is 0.0467. The molecule has 0 aliphatic rings. The minimum Gasteiger partial charge on any atom is -0.287 e. The van der Waals surface area contributed by atoms with Crippen molar-refractivity contribution in [2.45, 2.75) is 13.8 Å². The highest BCUT2D eigenvalue weighted by Crippen LogP contribution is 2.24. The van der Waals surface area contributed by atoms with Crippen LogP contribution in [0.15, 0.2) is 28.9 Å². The molecular formula is C11H10BrNO. The van der Waals surface area contributed by atoms with E-state index in [-0.39, 0.29) is 5.91 Å². The summed E-state index contributed by atoms with van der Waals surface area (Å²) in [4.78, 5) is 11.3. The smallest absolute Gasteiger partial charge is 0.227 e. The van der Waals surface area contributed by atoms with Crippen molar-refractivity contribution in [1.82, 2.24) is 4.57 Å². The number of fused-ring (bicyclic) bond motifs is 1. The van der Waals surface area contributed by atoms with Crippen molar-refractivity contribution in [3.05, 3.63) is 34.4 Å². The van der Waals surface area contributed by atoms with Crippen molar-refractivity contribution >= 4 is 32.7 Å². The summed E-state index contributed by atoms with van der Waals surface area (Å²) in [7, 11) is 0. The first-order valence-corrected chi connectivity index (χ1v) is 5.17. The molecule has 2 nitrogen and oxygen atoms in total. The van der Waals surface area contributed by atoms with Crippen molar-refractivity contribution in [3.8, 4) is 0 Å². The number of aromatic nitrogens is 1. The molecule has 1 aromatic carbocycles. The van der Waals surface area contributed by atoms with Crippen LogP contribution in [-0.4, -0.2) is 10.5 Å². The molecule has 0 bridgehead atoms. The first-order chi connectivity index (χ1) is 6.59. The Morgan fingerprint density at radius 3 is 2.79 bits per heavy atom. The van der Waals surface area contributed by atoms with Crippen LogP contribution < -0.4 is 0 Å². The third-order valence-electron chi connectivity index (χ3n) is 2.28. The number of rotatable bonds is 0. The Kier molecular flexibility index (Phi) is 2.19. The van der Waals surface area contributed by atoms with Crippen LogP contribution in [0.5, 0.6) is 0 Å². The molecule has 1 heterocycles. The molecule has 0 saturated carbocycles. The van der Waals surface area contributed by atoms with Gasteiger partial charge in [-0.25, -0.2) is 0 Å². The highest BCUT2D eigenvalue weighted by Gasteiger charge is 2.07. The van der Waals surface area contributed by atoms with E-state index >= 15 is 0 Å². The van der Waals surface area contributed by atoms with Gasteiger partial charge < -0.3 is 0 Å². The van der Waals surface area contributed by atoms with Gasteiger partial charge in [0.2, 0.25) is 5.91 Å². The molecule has 0 amide bonds. The maximum Gasteiger partial charge on any atom is 0.227 e. The maximum absolute atomic E-state index is 11.3. The van der Waals surface area contributed by atoms with Crippen molar-refractivity contribution in [2.24, 2.45) is 0 Å². The second-order valence-corrected chi connectivity index (χ2v) is 4.28. The Morgan fingerprint density at radius 1 is 1.43 bits per heavy atom. The van der Waals surface area contributed by atoms with Crippen LogP contribution >= 0.6 is 15.9 Å². The molecule has 0 atom stereocenters. The lowest BCUT2D eigenvalue weighted by atomic mass is 10.2. The van der Waals surface area contributed by atoms with Crippen LogP contribution in [0.2, 0.25) is 0 Å². The highest BCUT2D eigenvalue weighted by molar-refractivity contribution is 9.10. The fraction of sp³-hybridized carbons (Fsp3) is 0.182. The van der Waals surface area contributed by atoms with Gasteiger partial charge >= 0.3 is 0 Å². The summed E-state index contributed by atoms with van der Waals surface area (Å²) in [6.45, 7) is 3.58. The predicted octanol–water partition coefficient (Wildman–Crippen LogP) is 3.37. The molecule has 0 radical (unpaired) electrons. The molecule has 0 saturated heterocycles. The first-order valence-electron chi connectivity index (χ1n) is 4.38. The van der Waals surface area contributed by atoms with Gasteiger partial charge in [0.25, 0.3) is 0 Å². The molecular weight excluding hydrogens is 242 g/mol. The minimum atomic E-state index is 0.0467. The van der Waals surface area contributed by atoms with E-state index in [9.17, 15) is 4.79 Å². The number of hydrogen-bond donors (Lipinski definition) is 0. The van der Waals surface area contributed by atoms with E-state index < -0.39 is 0 Å². The number of carbonyl (C=O) groups excluding carboxylic acids is 1. The molecule has 2 rings (SSSR count). The van der Waals surface area contributed by atoms with Gasteiger partial charge in [0.1, 0.15) is 0 Å². The third kappa shape index (κ3) is 1.38. The number of carbonyl (C=O) groups is 1. The first kappa shape index (κ1) is 9.46. The lowest BCUT2D eigenvalue weighted by Crippen LogP contribution is -2.03. The van der Waals surface area contributed by atoms with Crippen LogP contribution in [0.3, 0.4) is 0 Å². The Bertz CT molecular complexity index is 513. The average molecular weight is 252 g/mol. The molecule has 0 N–H and O–H groups in total. The van der Waals surface area contributed by atoms with Gasteiger partial charge in [-0.2, -0.15) is 0 Å². The Hall–Kier alpha value is -1.09. The number of benzene rings is 1. The summed E-state index contributed by atoms with van der Waals surface area (Å²) in [5, 5.41) is 1.09. The van der Waals surface area contributed by atoms with E-state index in [2.05, 4.69) is 15.9 Å². The maximum atomic E-state index is 11.3. The molecule has 0 fully saturated rings. The Balaban J connectivity index is 2.85. The largest absolute Gasteiger partial charge is 0.287 e. The lowest BCUT2D eigenvalue weighted by molar-refractivity contribution is 0.0941. The molecule has 14 heavy (non-hydrogen) atoms. The van der Waals surface area contributed by atoms with Gasteiger partial charge in [0, 0.05) is 23.0 Å². The van der Waals surface area contributed by atoms with Crippen LogP contribution in [-0.2, 0) is 0 Å². The van der Waals surface area contributed by atoms with Crippen LogP contribution in [0, 0.1) is 6.92 Å². The molecule has 2 aromatic rings. The van der Waals surface area contributed by atoms with Gasteiger partial charge in [0.05, 0.1) is 5.52 Å². The average Bonchev–Trinajstić information content (AvgIpc) is 2.47. The van der Waals surface area contributed by atoms with E-state index in [1.807, 2.05) is 31.3 Å². The van der Waals surface area contributed by atoms with Crippen LogP contribution in [0.4, 0.5) is 0 Å². The number of hydrogen-bond acceptors (Lipinski definition) is 1.